The first-order valence-electron chi connectivity index (χ1n) is 5.77. The second-order valence-electron chi connectivity index (χ2n) is 4.10. The van der Waals surface area contributed by atoms with Crippen LogP contribution < -0.4 is 10.5 Å². The number of hydrogen-bond donors (Lipinski definition) is 1. The molecule has 3 rings (SSSR count). The first-order valence-corrected chi connectivity index (χ1v) is 6.53. The number of ether oxygens (including phenoxy) is 1. The Morgan fingerprint density at radius 2 is 1.95 bits per heavy atom. The molecular formula is C14H9Cl2N3O. The van der Waals surface area contributed by atoms with Crippen LogP contribution in [-0.4, -0.2) is 9.97 Å². The monoisotopic (exact) mass is 305 g/mol. The number of nitrogens with two attached hydrogens (primary N) is 1. The van der Waals surface area contributed by atoms with Crippen molar-refractivity contribution in [2.24, 2.45) is 0 Å². The molecule has 2 heterocycles. The second-order valence-corrected chi connectivity index (χ2v) is 4.94. The fourth-order valence-electron chi connectivity index (χ4n) is 1.84. The highest BCUT2D eigenvalue weighted by molar-refractivity contribution is 6.35. The van der Waals surface area contributed by atoms with Crippen molar-refractivity contribution in [2.75, 3.05) is 5.73 Å². The van der Waals surface area contributed by atoms with Crippen LogP contribution in [0.15, 0.2) is 42.7 Å². The molecule has 0 saturated carbocycles. The molecule has 0 bridgehead atoms. The number of aromatic nitrogens is 2. The molecule has 2 N–H and O–H groups in total. The third-order valence-electron chi connectivity index (χ3n) is 2.74. The summed E-state index contributed by atoms with van der Waals surface area (Å²) >= 11 is 11.9. The molecule has 100 valence electrons. The molecule has 6 heteroatoms. The van der Waals surface area contributed by atoms with Gasteiger partial charge in [0.15, 0.2) is 0 Å². The van der Waals surface area contributed by atoms with Crippen LogP contribution in [0.3, 0.4) is 0 Å². The highest BCUT2D eigenvalue weighted by atomic mass is 35.5. The lowest BCUT2D eigenvalue weighted by atomic mass is 10.2. The minimum Gasteiger partial charge on any atom is -0.437 e. The van der Waals surface area contributed by atoms with Crippen LogP contribution in [0.25, 0.3) is 10.9 Å². The number of anilines is 1. The molecule has 0 aliphatic carbocycles. The average Bonchev–Trinajstić information content (AvgIpc) is 2.45. The Kier molecular flexibility index (Phi) is 3.34. The van der Waals surface area contributed by atoms with Crippen molar-refractivity contribution in [3.63, 3.8) is 0 Å². The van der Waals surface area contributed by atoms with Gasteiger partial charge < -0.3 is 10.5 Å². The molecule has 1 aromatic carbocycles. The van der Waals surface area contributed by atoms with E-state index < -0.39 is 0 Å². The van der Waals surface area contributed by atoms with Gasteiger partial charge >= 0.3 is 0 Å². The largest absolute Gasteiger partial charge is 0.437 e. The van der Waals surface area contributed by atoms with Gasteiger partial charge in [0, 0.05) is 17.8 Å². The Morgan fingerprint density at radius 3 is 2.75 bits per heavy atom. The minimum atomic E-state index is 0.283. The maximum absolute atomic E-state index is 6.05. The fourth-order valence-corrected chi connectivity index (χ4v) is 2.26. The molecule has 2 aromatic heterocycles. The lowest BCUT2D eigenvalue weighted by molar-refractivity contribution is 0.468. The standard InChI is InChI=1S/C14H9Cl2N3O/c15-8-6-10(16)14(19-7-8)20-12-4-3-11(17)13-9(12)2-1-5-18-13/h1-7H,17H2. The van der Waals surface area contributed by atoms with Crippen LogP contribution in [0.2, 0.25) is 10.0 Å². The first-order chi connectivity index (χ1) is 9.65. The van der Waals surface area contributed by atoms with Crippen molar-refractivity contribution < 1.29 is 4.74 Å². The zero-order chi connectivity index (χ0) is 14.1. The summed E-state index contributed by atoms with van der Waals surface area (Å²) < 4.78 is 5.74. The zero-order valence-electron chi connectivity index (χ0n) is 10.2. The van der Waals surface area contributed by atoms with Gasteiger partial charge in [0.2, 0.25) is 5.88 Å². The van der Waals surface area contributed by atoms with Crippen molar-refractivity contribution in [2.45, 2.75) is 0 Å². The van der Waals surface area contributed by atoms with E-state index in [1.165, 1.54) is 6.20 Å². The van der Waals surface area contributed by atoms with Gasteiger partial charge in [-0.25, -0.2) is 4.98 Å². The molecule has 20 heavy (non-hydrogen) atoms. The SMILES string of the molecule is Nc1ccc(Oc2ncc(Cl)cc2Cl)c2cccnc12. The van der Waals surface area contributed by atoms with Crippen molar-refractivity contribution in [1.29, 1.82) is 0 Å². The highest BCUT2D eigenvalue weighted by Crippen LogP contribution is 2.34. The van der Waals surface area contributed by atoms with Gasteiger partial charge in [0.05, 0.1) is 16.2 Å². The zero-order valence-corrected chi connectivity index (χ0v) is 11.7. The Bertz CT molecular complexity index is 792. The van der Waals surface area contributed by atoms with E-state index in [9.17, 15) is 0 Å². The van der Waals surface area contributed by atoms with E-state index in [1.54, 1.807) is 24.4 Å². The number of nitrogen functional groups attached to an aromatic ring is 1. The summed E-state index contributed by atoms with van der Waals surface area (Å²) in [5, 5.41) is 1.58. The molecule has 0 aliphatic heterocycles. The topological polar surface area (TPSA) is 61.0 Å². The number of fused-ring (bicyclic) bond motifs is 1. The predicted octanol–water partition coefficient (Wildman–Crippen LogP) is 4.31. The summed E-state index contributed by atoms with van der Waals surface area (Å²) in [6, 6.07) is 8.74. The van der Waals surface area contributed by atoms with E-state index in [0.717, 1.165) is 5.39 Å². The van der Waals surface area contributed by atoms with Crippen molar-refractivity contribution in [1.82, 2.24) is 9.97 Å². The van der Waals surface area contributed by atoms with Crippen LogP contribution in [-0.2, 0) is 0 Å². The summed E-state index contributed by atoms with van der Waals surface area (Å²) in [5.74, 6) is 0.866. The quantitative estimate of drug-likeness (QED) is 0.717. The molecular weight excluding hydrogens is 297 g/mol. The van der Waals surface area contributed by atoms with E-state index in [2.05, 4.69) is 9.97 Å². The molecule has 0 unspecified atom stereocenters. The summed E-state index contributed by atoms with van der Waals surface area (Å²) in [6.45, 7) is 0. The first kappa shape index (κ1) is 13.0. The normalized spacial score (nSPS) is 10.7. The van der Waals surface area contributed by atoms with Crippen LogP contribution in [0.1, 0.15) is 0 Å². The van der Waals surface area contributed by atoms with E-state index in [0.29, 0.717) is 27.0 Å². The molecule has 0 saturated heterocycles. The highest BCUT2D eigenvalue weighted by Gasteiger charge is 2.10. The summed E-state index contributed by atoms with van der Waals surface area (Å²) in [5.41, 5.74) is 7.15. The van der Waals surface area contributed by atoms with E-state index >= 15 is 0 Å². The Labute approximate surface area is 125 Å². The molecule has 3 aromatic rings. The summed E-state index contributed by atoms with van der Waals surface area (Å²) in [7, 11) is 0. The van der Waals surface area contributed by atoms with Crippen LogP contribution in [0.5, 0.6) is 11.6 Å². The van der Waals surface area contributed by atoms with Crippen LogP contribution in [0, 0.1) is 0 Å². The van der Waals surface area contributed by atoms with E-state index in [-0.39, 0.29) is 5.88 Å². The minimum absolute atomic E-state index is 0.283. The molecule has 0 aliphatic rings. The molecule has 4 nitrogen and oxygen atoms in total. The predicted molar refractivity (Wildman–Crippen MR) is 80.5 cm³/mol. The Balaban J connectivity index is 2.09. The molecule has 0 radical (unpaired) electrons. The smallest absolute Gasteiger partial charge is 0.238 e. The Hall–Kier alpha value is -2.04. The van der Waals surface area contributed by atoms with Gasteiger partial charge in [-0.05, 0) is 30.3 Å². The number of halogens is 2. The van der Waals surface area contributed by atoms with Gasteiger partial charge in [0.1, 0.15) is 10.8 Å². The summed E-state index contributed by atoms with van der Waals surface area (Å²) in [4.78, 5) is 8.30. The van der Waals surface area contributed by atoms with Crippen molar-refractivity contribution in [3.8, 4) is 11.6 Å². The second kappa shape index (κ2) is 5.15. The number of rotatable bonds is 2. The third-order valence-corrected chi connectivity index (χ3v) is 3.22. The number of nitrogens with zero attached hydrogens (tertiary/aromatic N) is 2. The molecule has 0 fully saturated rings. The van der Waals surface area contributed by atoms with Gasteiger partial charge in [-0.15, -0.1) is 0 Å². The van der Waals surface area contributed by atoms with Crippen molar-refractivity contribution >= 4 is 39.8 Å². The molecule has 0 atom stereocenters. The van der Waals surface area contributed by atoms with Crippen LogP contribution in [0.4, 0.5) is 5.69 Å². The maximum atomic E-state index is 6.05. The van der Waals surface area contributed by atoms with Crippen LogP contribution >= 0.6 is 23.2 Å². The number of benzene rings is 1. The fraction of sp³-hybridized carbons (Fsp3) is 0. The lowest BCUT2D eigenvalue weighted by Crippen LogP contribution is -1.94. The van der Waals surface area contributed by atoms with Gasteiger partial charge in [-0.2, -0.15) is 0 Å². The van der Waals surface area contributed by atoms with Gasteiger partial charge in [-0.3, -0.25) is 4.98 Å². The average molecular weight is 306 g/mol. The van der Waals surface area contributed by atoms with E-state index in [4.69, 9.17) is 33.7 Å². The number of pyridine rings is 2. The van der Waals surface area contributed by atoms with Crippen molar-refractivity contribution in [3.05, 3.63) is 52.8 Å². The maximum Gasteiger partial charge on any atom is 0.238 e. The molecule has 0 spiro atoms. The van der Waals surface area contributed by atoms with Gasteiger partial charge in [-0.1, -0.05) is 23.2 Å². The third kappa shape index (κ3) is 2.35. The number of hydrogen-bond acceptors (Lipinski definition) is 4. The van der Waals surface area contributed by atoms with Gasteiger partial charge in [0.25, 0.3) is 0 Å². The Morgan fingerprint density at radius 1 is 1.10 bits per heavy atom. The summed E-state index contributed by atoms with van der Waals surface area (Å²) in [6.07, 6.45) is 3.15. The van der Waals surface area contributed by atoms with E-state index in [1.807, 2.05) is 12.1 Å². The lowest BCUT2D eigenvalue weighted by Gasteiger charge is -2.10. The molecule has 0 amide bonds.